The van der Waals surface area contributed by atoms with Crippen molar-refractivity contribution < 1.29 is 23.7 Å². The van der Waals surface area contributed by atoms with Crippen LogP contribution < -0.4 is 4.74 Å². The van der Waals surface area contributed by atoms with Crippen molar-refractivity contribution in [3.05, 3.63) is 66.4 Å². The minimum Gasteiger partial charge on any atom is -0.496 e. The number of benzene rings is 2. The van der Waals surface area contributed by atoms with Crippen LogP contribution in [0.4, 0.5) is 0 Å². The lowest BCUT2D eigenvalue weighted by Crippen LogP contribution is -2.09. The summed E-state index contributed by atoms with van der Waals surface area (Å²) in [6, 6.07) is 17.0. The maximum absolute atomic E-state index is 12.0. The van der Waals surface area contributed by atoms with Crippen LogP contribution in [0.1, 0.15) is 10.4 Å². The van der Waals surface area contributed by atoms with Gasteiger partial charge in [0.25, 0.3) is 0 Å². The Kier molecular flexibility index (Phi) is 6.97. The van der Waals surface area contributed by atoms with Gasteiger partial charge < -0.3 is 18.9 Å². The van der Waals surface area contributed by atoms with Gasteiger partial charge in [-0.15, -0.1) is 0 Å². The fourth-order valence-corrected chi connectivity index (χ4v) is 3.58. The molecule has 0 fully saturated rings. The highest BCUT2D eigenvalue weighted by molar-refractivity contribution is 5.96. The van der Waals surface area contributed by atoms with Crippen molar-refractivity contribution in [2.45, 2.75) is 6.73 Å². The van der Waals surface area contributed by atoms with Crippen LogP contribution in [0.2, 0.25) is 0 Å². The summed E-state index contributed by atoms with van der Waals surface area (Å²) < 4.78 is 22.9. The number of pyridine rings is 1. The largest absolute Gasteiger partial charge is 0.496 e. The number of hydrogen-bond acceptors (Lipinski definition) is 7. The zero-order valence-electron chi connectivity index (χ0n) is 18.8. The van der Waals surface area contributed by atoms with Crippen LogP contribution in [0.25, 0.3) is 33.4 Å². The molecule has 0 aliphatic rings. The van der Waals surface area contributed by atoms with Crippen molar-refractivity contribution in [3.63, 3.8) is 0 Å². The number of methoxy groups -OCH3 is 3. The molecule has 8 heteroatoms. The molecular weight excluding hydrogens is 422 g/mol. The second-order valence-corrected chi connectivity index (χ2v) is 7.25. The summed E-state index contributed by atoms with van der Waals surface area (Å²) >= 11 is 0. The number of carbonyl (C=O) groups is 1. The van der Waals surface area contributed by atoms with Crippen molar-refractivity contribution in [1.29, 1.82) is 0 Å². The molecule has 0 aliphatic carbocycles. The quantitative estimate of drug-likeness (QED) is 0.281. The molecule has 170 valence electrons. The maximum atomic E-state index is 12.0. The molecule has 4 aromatic rings. The molecule has 0 N–H and O–H groups in total. The number of rotatable bonds is 9. The minimum atomic E-state index is -0.387. The van der Waals surface area contributed by atoms with E-state index in [1.807, 2.05) is 42.5 Å². The minimum absolute atomic E-state index is 0.235. The van der Waals surface area contributed by atoms with E-state index in [1.54, 1.807) is 37.2 Å². The summed E-state index contributed by atoms with van der Waals surface area (Å²) in [5.41, 5.74) is 4.44. The molecule has 2 aromatic heterocycles. The van der Waals surface area contributed by atoms with Crippen LogP contribution in [0.5, 0.6) is 5.75 Å². The standard InChI is InChI=1S/C25H25N3O5/c1-30-11-12-33-16-28-24-21(23(27-28)20-9-4-5-10-22(20)31-2)14-19(15-26-24)17-7-6-8-18(13-17)25(29)32-3/h4-10,13-15H,11-12,16H2,1-3H3. The van der Waals surface area contributed by atoms with Gasteiger partial charge in [-0.1, -0.05) is 24.3 Å². The zero-order valence-corrected chi connectivity index (χ0v) is 18.8. The van der Waals surface area contributed by atoms with E-state index in [-0.39, 0.29) is 12.7 Å². The van der Waals surface area contributed by atoms with Crippen LogP contribution in [-0.2, 0) is 20.9 Å². The molecular formula is C25H25N3O5. The number of carbonyl (C=O) groups excluding carboxylic acids is 1. The Hall–Kier alpha value is -3.75. The van der Waals surface area contributed by atoms with E-state index in [0.717, 1.165) is 27.8 Å². The van der Waals surface area contributed by atoms with E-state index in [1.165, 1.54) is 7.11 Å². The molecule has 2 aromatic carbocycles. The van der Waals surface area contributed by atoms with Crippen molar-refractivity contribution >= 4 is 17.0 Å². The smallest absolute Gasteiger partial charge is 0.337 e. The number of aromatic nitrogens is 3. The Morgan fingerprint density at radius 3 is 2.61 bits per heavy atom. The normalized spacial score (nSPS) is 11.0. The van der Waals surface area contributed by atoms with E-state index in [9.17, 15) is 4.79 Å². The molecule has 33 heavy (non-hydrogen) atoms. The Morgan fingerprint density at radius 1 is 0.970 bits per heavy atom. The van der Waals surface area contributed by atoms with Crippen LogP contribution >= 0.6 is 0 Å². The van der Waals surface area contributed by atoms with Gasteiger partial charge in [-0.25, -0.2) is 14.5 Å². The average molecular weight is 447 g/mol. The predicted molar refractivity (Wildman–Crippen MR) is 124 cm³/mol. The first-order chi connectivity index (χ1) is 16.2. The van der Waals surface area contributed by atoms with Gasteiger partial charge in [0.2, 0.25) is 0 Å². The summed E-state index contributed by atoms with van der Waals surface area (Å²) in [5, 5.41) is 5.64. The van der Waals surface area contributed by atoms with E-state index >= 15 is 0 Å². The molecule has 0 bridgehead atoms. The van der Waals surface area contributed by atoms with Gasteiger partial charge in [0.15, 0.2) is 5.65 Å². The highest BCUT2D eigenvalue weighted by atomic mass is 16.5. The third-order valence-corrected chi connectivity index (χ3v) is 5.21. The molecule has 2 heterocycles. The number of hydrogen-bond donors (Lipinski definition) is 0. The molecule has 0 saturated carbocycles. The first-order valence-corrected chi connectivity index (χ1v) is 10.4. The number of esters is 1. The first kappa shape index (κ1) is 22.4. The monoisotopic (exact) mass is 447 g/mol. The van der Waals surface area contributed by atoms with E-state index in [2.05, 4.69) is 4.98 Å². The Balaban J connectivity index is 1.83. The lowest BCUT2D eigenvalue weighted by molar-refractivity contribution is 0.0307. The van der Waals surface area contributed by atoms with Crippen molar-refractivity contribution in [3.8, 4) is 28.1 Å². The predicted octanol–water partition coefficient (Wildman–Crippen LogP) is 4.18. The van der Waals surface area contributed by atoms with Gasteiger partial charge in [0.05, 0.1) is 33.0 Å². The summed E-state index contributed by atoms with van der Waals surface area (Å²) in [6.07, 6.45) is 1.76. The van der Waals surface area contributed by atoms with Crippen LogP contribution in [0.15, 0.2) is 60.8 Å². The zero-order chi connectivity index (χ0) is 23.2. The third kappa shape index (κ3) is 4.72. The second kappa shape index (κ2) is 10.2. The van der Waals surface area contributed by atoms with E-state index < -0.39 is 0 Å². The van der Waals surface area contributed by atoms with Gasteiger partial charge in [-0.3, -0.25) is 0 Å². The number of para-hydroxylation sites is 1. The molecule has 0 unspecified atom stereocenters. The van der Waals surface area contributed by atoms with Crippen molar-refractivity contribution in [2.24, 2.45) is 0 Å². The van der Waals surface area contributed by atoms with Crippen molar-refractivity contribution in [2.75, 3.05) is 34.5 Å². The Bertz CT molecular complexity index is 1270. The Labute approximate surface area is 191 Å². The van der Waals surface area contributed by atoms with Gasteiger partial charge in [-0.2, -0.15) is 5.10 Å². The summed E-state index contributed by atoms with van der Waals surface area (Å²) in [5.74, 6) is 0.323. The third-order valence-electron chi connectivity index (χ3n) is 5.21. The van der Waals surface area contributed by atoms with Crippen molar-refractivity contribution in [1.82, 2.24) is 14.8 Å². The molecule has 0 amide bonds. The molecule has 4 rings (SSSR count). The fourth-order valence-electron chi connectivity index (χ4n) is 3.58. The lowest BCUT2D eigenvalue weighted by Gasteiger charge is -2.07. The number of ether oxygens (including phenoxy) is 4. The van der Waals surface area contributed by atoms with Crippen LogP contribution in [0, 0.1) is 0 Å². The maximum Gasteiger partial charge on any atom is 0.337 e. The lowest BCUT2D eigenvalue weighted by atomic mass is 10.0. The van der Waals surface area contributed by atoms with Crippen LogP contribution in [0.3, 0.4) is 0 Å². The summed E-state index contributed by atoms with van der Waals surface area (Å²) in [6.45, 7) is 1.17. The van der Waals surface area contributed by atoms with Gasteiger partial charge >= 0.3 is 5.97 Å². The SMILES string of the molecule is COCCOCn1nc(-c2ccccc2OC)c2cc(-c3cccc(C(=O)OC)c3)cnc21. The Morgan fingerprint density at radius 2 is 1.82 bits per heavy atom. The first-order valence-electron chi connectivity index (χ1n) is 10.4. The molecule has 0 spiro atoms. The van der Waals surface area contributed by atoms with Crippen LogP contribution in [-0.4, -0.2) is 55.3 Å². The molecule has 0 radical (unpaired) electrons. The second-order valence-electron chi connectivity index (χ2n) is 7.25. The molecule has 8 nitrogen and oxygen atoms in total. The topological polar surface area (TPSA) is 84.7 Å². The number of nitrogens with zero attached hydrogens (tertiary/aromatic N) is 3. The van der Waals surface area contributed by atoms with Gasteiger partial charge in [0.1, 0.15) is 18.2 Å². The highest BCUT2D eigenvalue weighted by Gasteiger charge is 2.18. The fraction of sp³-hybridized carbons (Fsp3) is 0.240. The highest BCUT2D eigenvalue weighted by Crippen LogP contribution is 2.35. The molecule has 0 aliphatic heterocycles. The number of fused-ring (bicyclic) bond motifs is 1. The van der Waals surface area contributed by atoms with Gasteiger partial charge in [-0.05, 0) is 35.9 Å². The average Bonchev–Trinajstić information content (AvgIpc) is 3.23. The van der Waals surface area contributed by atoms with E-state index in [0.29, 0.717) is 30.2 Å². The summed E-state index contributed by atoms with van der Waals surface area (Å²) in [4.78, 5) is 16.7. The van der Waals surface area contributed by atoms with Gasteiger partial charge in [0, 0.05) is 29.8 Å². The van der Waals surface area contributed by atoms with E-state index in [4.69, 9.17) is 24.0 Å². The summed E-state index contributed by atoms with van der Waals surface area (Å²) in [7, 11) is 4.63. The molecule has 0 atom stereocenters. The molecule has 0 saturated heterocycles.